The zero-order valence-electron chi connectivity index (χ0n) is 9.97. The van der Waals surface area contributed by atoms with Gasteiger partial charge in [0.2, 0.25) is 0 Å². The lowest BCUT2D eigenvalue weighted by atomic mass is 9.80. The van der Waals surface area contributed by atoms with Crippen molar-refractivity contribution in [3.63, 3.8) is 0 Å². The van der Waals surface area contributed by atoms with Crippen LogP contribution in [0.4, 0.5) is 0 Å². The summed E-state index contributed by atoms with van der Waals surface area (Å²) in [7, 11) is 0. The molecule has 1 heterocycles. The van der Waals surface area contributed by atoms with E-state index in [0.29, 0.717) is 11.6 Å². The monoisotopic (exact) mass is 208 g/mol. The zero-order valence-corrected chi connectivity index (χ0v) is 9.97. The molecule has 0 bridgehead atoms. The Kier molecular flexibility index (Phi) is 3.47. The maximum absolute atomic E-state index is 3.91. The van der Waals surface area contributed by atoms with Gasteiger partial charge in [-0.15, -0.1) is 6.58 Å². The lowest BCUT2D eigenvalue weighted by Gasteiger charge is -2.47. The first-order chi connectivity index (χ1) is 7.26. The number of piperazine rings is 1. The smallest absolute Gasteiger partial charge is 0.0309 e. The molecule has 0 amide bonds. The SMILES string of the molecule is C=CC(C)N1CCNC2(CCCCC2)C1. The van der Waals surface area contributed by atoms with E-state index in [4.69, 9.17) is 0 Å². The summed E-state index contributed by atoms with van der Waals surface area (Å²) >= 11 is 0. The average molecular weight is 208 g/mol. The van der Waals surface area contributed by atoms with E-state index in [-0.39, 0.29) is 0 Å². The van der Waals surface area contributed by atoms with Crippen LogP contribution < -0.4 is 5.32 Å². The summed E-state index contributed by atoms with van der Waals surface area (Å²) in [5.74, 6) is 0. The van der Waals surface area contributed by atoms with Gasteiger partial charge < -0.3 is 5.32 Å². The predicted molar refractivity (Wildman–Crippen MR) is 65.1 cm³/mol. The molecular weight excluding hydrogens is 184 g/mol. The molecule has 1 saturated heterocycles. The minimum atomic E-state index is 0.438. The summed E-state index contributed by atoms with van der Waals surface area (Å²) in [6.45, 7) is 9.71. The summed E-state index contributed by atoms with van der Waals surface area (Å²) < 4.78 is 0. The Hall–Kier alpha value is -0.340. The van der Waals surface area contributed by atoms with Crippen LogP contribution >= 0.6 is 0 Å². The number of hydrogen-bond acceptors (Lipinski definition) is 2. The summed E-state index contributed by atoms with van der Waals surface area (Å²) in [6, 6.07) is 0.533. The van der Waals surface area contributed by atoms with Crippen molar-refractivity contribution in [2.24, 2.45) is 0 Å². The normalized spacial score (nSPS) is 28.9. The molecule has 1 spiro atoms. The van der Waals surface area contributed by atoms with Crippen molar-refractivity contribution in [3.05, 3.63) is 12.7 Å². The van der Waals surface area contributed by atoms with Crippen LogP contribution in [0, 0.1) is 0 Å². The lowest BCUT2D eigenvalue weighted by Crippen LogP contribution is -2.62. The molecule has 2 rings (SSSR count). The van der Waals surface area contributed by atoms with Gasteiger partial charge in [-0.3, -0.25) is 4.90 Å². The van der Waals surface area contributed by atoms with Crippen molar-refractivity contribution in [1.29, 1.82) is 0 Å². The van der Waals surface area contributed by atoms with Crippen LogP contribution in [0.3, 0.4) is 0 Å². The van der Waals surface area contributed by atoms with Gasteiger partial charge in [-0.2, -0.15) is 0 Å². The van der Waals surface area contributed by atoms with E-state index in [2.05, 4.69) is 29.8 Å². The Morgan fingerprint density at radius 3 is 2.73 bits per heavy atom. The van der Waals surface area contributed by atoms with Gasteiger partial charge in [0.15, 0.2) is 0 Å². The fourth-order valence-electron chi connectivity index (χ4n) is 3.05. The van der Waals surface area contributed by atoms with E-state index in [1.165, 1.54) is 45.2 Å². The lowest BCUT2D eigenvalue weighted by molar-refractivity contribution is 0.0861. The quantitative estimate of drug-likeness (QED) is 0.700. The second-order valence-corrected chi connectivity index (χ2v) is 5.21. The van der Waals surface area contributed by atoms with Crippen LogP contribution in [0.2, 0.25) is 0 Å². The van der Waals surface area contributed by atoms with Crippen molar-refractivity contribution < 1.29 is 0 Å². The van der Waals surface area contributed by atoms with Crippen molar-refractivity contribution in [1.82, 2.24) is 10.2 Å². The Labute approximate surface area is 93.7 Å². The molecule has 0 aromatic carbocycles. The molecule has 0 radical (unpaired) electrons. The Bertz CT molecular complexity index is 213. The average Bonchev–Trinajstić information content (AvgIpc) is 2.29. The maximum Gasteiger partial charge on any atom is 0.0309 e. The van der Waals surface area contributed by atoms with Crippen LogP contribution in [-0.4, -0.2) is 36.1 Å². The maximum atomic E-state index is 3.91. The third-order valence-corrected chi connectivity index (χ3v) is 4.13. The van der Waals surface area contributed by atoms with Gasteiger partial charge in [0.05, 0.1) is 0 Å². The first-order valence-corrected chi connectivity index (χ1v) is 6.37. The first-order valence-electron chi connectivity index (χ1n) is 6.37. The van der Waals surface area contributed by atoms with E-state index < -0.39 is 0 Å². The van der Waals surface area contributed by atoms with Crippen LogP contribution in [0.1, 0.15) is 39.0 Å². The zero-order chi connectivity index (χ0) is 10.7. The molecule has 1 saturated carbocycles. The molecule has 1 aliphatic carbocycles. The van der Waals surface area contributed by atoms with Gasteiger partial charge in [0.25, 0.3) is 0 Å². The highest BCUT2D eigenvalue weighted by molar-refractivity contribution is 4.99. The van der Waals surface area contributed by atoms with Crippen LogP contribution in [-0.2, 0) is 0 Å². The summed E-state index contributed by atoms with van der Waals surface area (Å²) in [4.78, 5) is 2.58. The number of rotatable bonds is 2. The molecule has 1 aliphatic heterocycles. The fourth-order valence-corrected chi connectivity index (χ4v) is 3.05. The van der Waals surface area contributed by atoms with E-state index in [1.54, 1.807) is 0 Å². The highest BCUT2D eigenvalue weighted by atomic mass is 15.2. The van der Waals surface area contributed by atoms with Gasteiger partial charge in [0, 0.05) is 31.2 Å². The van der Waals surface area contributed by atoms with E-state index >= 15 is 0 Å². The van der Waals surface area contributed by atoms with Gasteiger partial charge in [-0.25, -0.2) is 0 Å². The van der Waals surface area contributed by atoms with E-state index in [0.717, 1.165) is 6.54 Å². The van der Waals surface area contributed by atoms with Gasteiger partial charge in [0.1, 0.15) is 0 Å². The van der Waals surface area contributed by atoms with Crippen LogP contribution in [0.15, 0.2) is 12.7 Å². The summed E-state index contributed by atoms with van der Waals surface area (Å²) in [5.41, 5.74) is 0.438. The highest BCUT2D eigenvalue weighted by Crippen LogP contribution is 2.31. The molecule has 1 N–H and O–H groups in total. The summed E-state index contributed by atoms with van der Waals surface area (Å²) in [6.07, 6.45) is 9.05. The molecule has 1 atom stereocenters. The second kappa shape index (κ2) is 4.67. The van der Waals surface area contributed by atoms with Crippen molar-refractivity contribution in [2.45, 2.75) is 50.6 Å². The predicted octanol–water partition coefficient (Wildman–Crippen LogP) is 2.17. The molecule has 2 aliphatic rings. The van der Waals surface area contributed by atoms with Crippen molar-refractivity contribution in [3.8, 4) is 0 Å². The Morgan fingerprint density at radius 1 is 1.33 bits per heavy atom. The second-order valence-electron chi connectivity index (χ2n) is 5.21. The summed E-state index contributed by atoms with van der Waals surface area (Å²) in [5, 5.41) is 3.77. The fraction of sp³-hybridized carbons (Fsp3) is 0.846. The molecule has 1 unspecified atom stereocenters. The highest BCUT2D eigenvalue weighted by Gasteiger charge is 2.36. The number of nitrogens with one attached hydrogen (secondary N) is 1. The van der Waals surface area contributed by atoms with Crippen molar-refractivity contribution in [2.75, 3.05) is 19.6 Å². The largest absolute Gasteiger partial charge is 0.309 e. The molecule has 86 valence electrons. The Morgan fingerprint density at radius 2 is 2.07 bits per heavy atom. The van der Waals surface area contributed by atoms with Crippen LogP contribution in [0.5, 0.6) is 0 Å². The van der Waals surface area contributed by atoms with Gasteiger partial charge >= 0.3 is 0 Å². The molecule has 2 heteroatoms. The number of nitrogens with zero attached hydrogens (tertiary/aromatic N) is 1. The van der Waals surface area contributed by atoms with Crippen LogP contribution in [0.25, 0.3) is 0 Å². The molecule has 0 aromatic rings. The molecule has 2 nitrogen and oxygen atoms in total. The van der Waals surface area contributed by atoms with E-state index in [1.807, 2.05) is 0 Å². The molecule has 2 fully saturated rings. The first kappa shape index (κ1) is 11.2. The topological polar surface area (TPSA) is 15.3 Å². The molecule has 15 heavy (non-hydrogen) atoms. The minimum Gasteiger partial charge on any atom is -0.309 e. The number of hydrogen-bond donors (Lipinski definition) is 1. The molecular formula is C13H24N2. The Balaban J connectivity index is 1.98. The third kappa shape index (κ3) is 2.43. The third-order valence-electron chi connectivity index (χ3n) is 4.13. The van der Waals surface area contributed by atoms with Crippen molar-refractivity contribution >= 4 is 0 Å². The van der Waals surface area contributed by atoms with Gasteiger partial charge in [-0.1, -0.05) is 25.3 Å². The minimum absolute atomic E-state index is 0.438. The molecule has 0 aromatic heterocycles. The van der Waals surface area contributed by atoms with Gasteiger partial charge in [-0.05, 0) is 19.8 Å². The standard InChI is InChI=1S/C13H24N2/c1-3-12(2)15-10-9-14-13(11-15)7-5-4-6-8-13/h3,12,14H,1,4-11H2,2H3. The van der Waals surface area contributed by atoms with E-state index in [9.17, 15) is 0 Å².